The minimum absolute atomic E-state index is 0. The summed E-state index contributed by atoms with van der Waals surface area (Å²) in [5.74, 6) is 0.885. The van der Waals surface area contributed by atoms with Gasteiger partial charge in [-0.05, 0) is 57.5 Å². The molecule has 1 aromatic rings. The molecule has 0 radical (unpaired) electrons. The zero-order chi connectivity index (χ0) is 15.8. The number of hydrogen-bond acceptors (Lipinski definition) is 2. The number of guanidine groups is 1. The Bertz CT molecular complexity index is 481. The van der Waals surface area contributed by atoms with Gasteiger partial charge >= 0.3 is 0 Å². The second kappa shape index (κ2) is 11.1. The van der Waals surface area contributed by atoms with E-state index in [0.717, 1.165) is 43.7 Å². The van der Waals surface area contributed by atoms with E-state index in [0.29, 0.717) is 6.04 Å². The van der Waals surface area contributed by atoms with Gasteiger partial charge in [0.15, 0.2) is 5.96 Å². The molecule has 23 heavy (non-hydrogen) atoms. The number of nitrogens with zero attached hydrogens (tertiary/aromatic N) is 2. The molecule has 2 rings (SSSR count). The third-order valence-electron chi connectivity index (χ3n) is 3.93. The fourth-order valence-electron chi connectivity index (χ4n) is 2.89. The van der Waals surface area contributed by atoms with Crippen LogP contribution in [0.4, 0.5) is 0 Å². The van der Waals surface area contributed by atoms with E-state index in [9.17, 15) is 0 Å². The van der Waals surface area contributed by atoms with Crippen molar-refractivity contribution in [1.29, 1.82) is 0 Å². The Hall–Kier alpha value is -0.530. The molecule has 0 aliphatic carbocycles. The molecule has 1 fully saturated rings. The van der Waals surface area contributed by atoms with Crippen molar-refractivity contribution in [1.82, 2.24) is 15.5 Å². The Kier molecular flexibility index (Phi) is 9.90. The highest BCUT2D eigenvalue weighted by Crippen LogP contribution is 2.27. The second-order valence-corrected chi connectivity index (χ2v) is 6.00. The topological polar surface area (TPSA) is 39.7 Å². The Labute approximate surface area is 162 Å². The van der Waals surface area contributed by atoms with Crippen LogP contribution in [0.5, 0.6) is 0 Å². The first-order valence-corrected chi connectivity index (χ1v) is 8.64. The minimum atomic E-state index is 0. The quantitative estimate of drug-likeness (QED) is 0.395. The summed E-state index contributed by atoms with van der Waals surface area (Å²) in [5, 5.41) is 7.37. The molecule has 130 valence electrons. The first-order chi connectivity index (χ1) is 10.7. The smallest absolute Gasteiger partial charge is 0.191 e. The second-order valence-electron chi connectivity index (χ2n) is 5.56. The van der Waals surface area contributed by atoms with Gasteiger partial charge in [0, 0.05) is 18.1 Å². The molecule has 1 aromatic carbocycles. The number of hydrogen-bond donors (Lipinski definition) is 2. The van der Waals surface area contributed by atoms with Gasteiger partial charge in [-0.3, -0.25) is 9.89 Å². The molecule has 4 nitrogen and oxygen atoms in total. The van der Waals surface area contributed by atoms with Gasteiger partial charge in [0.25, 0.3) is 0 Å². The lowest BCUT2D eigenvalue weighted by Gasteiger charge is -2.27. The van der Waals surface area contributed by atoms with Crippen LogP contribution in [-0.4, -0.2) is 43.6 Å². The van der Waals surface area contributed by atoms with Gasteiger partial charge in [-0.25, -0.2) is 0 Å². The maximum atomic E-state index is 6.18. The Balaban J connectivity index is 0.00000264. The van der Waals surface area contributed by atoms with Crippen molar-refractivity contribution < 1.29 is 0 Å². The molecule has 2 N–H and O–H groups in total. The fraction of sp³-hybridized carbons (Fsp3) is 0.588. The zero-order valence-electron chi connectivity index (χ0n) is 14.0. The van der Waals surface area contributed by atoms with E-state index in [2.05, 4.69) is 41.5 Å². The van der Waals surface area contributed by atoms with Gasteiger partial charge in [0.2, 0.25) is 0 Å². The Morgan fingerprint density at radius 2 is 1.87 bits per heavy atom. The van der Waals surface area contributed by atoms with Gasteiger partial charge in [-0.1, -0.05) is 23.7 Å². The molecule has 1 atom stereocenters. The highest BCUT2D eigenvalue weighted by Gasteiger charge is 2.23. The van der Waals surface area contributed by atoms with Gasteiger partial charge < -0.3 is 10.6 Å². The van der Waals surface area contributed by atoms with Crippen LogP contribution < -0.4 is 10.6 Å². The standard InChI is InChI=1S/C17H27ClN4.HI/c1-3-19-17(20-4-2)21-13-16(22-10-5-6-11-22)14-8-7-9-15(18)12-14;/h7-9,12,16H,3-6,10-11,13H2,1-2H3,(H2,19,20,21);1H. The molecule has 0 spiro atoms. The van der Waals surface area contributed by atoms with Crippen LogP contribution in [-0.2, 0) is 0 Å². The van der Waals surface area contributed by atoms with Crippen molar-refractivity contribution in [2.45, 2.75) is 32.7 Å². The molecular formula is C17H28ClIN4. The third-order valence-corrected chi connectivity index (χ3v) is 4.16. The molecule has 1 aliphatic heterocycles. The molecule has 1 unspecified atom stereocenters. The lowest BCUT2D eigenvalue weighted by atomic mass is 10.1. The SMILES string of the molecule is CCNC(=NCC(c1cccc(Cl)c1)N1CCCC1)NCC.I. The van der Waals surface area contributed by atoms with E-state index in [4.69, 9.17) is 16.6 Å². The molecule has 1 aliphatic rings. The summed E-state index contributed by atoms with van der Waals surface area (Å²) in [6.07, 6.45) is 2.54. The molecule has 6 heteroatoms. The summed E-state index contributed by atoms with van der Waals surface area (Å²) in [7, 11) is 0. The number of aliphatic imine (C=N–C) groups is 1. The van der Waals surface area contributed by atoms with Crippen molar-refractivity contribution >= 4 is 41.5 Å². The molecule has 0 aromatic heterocycles. The fourth-order valence-corrected chi connectivity index (χ4v) is 3.08. The molecule has 0 saturated carbocycles. The minimum Gasteiger partial charge on any atom is -0.357 e. The van der Waals surface area contributed by atoms with Gasteiger partial charge in [-0.2, -0.15) is 0 Å². The predicted octanol–water partition coefficient (Wildman–Crippen LogP) is 3.67. The lowest BCUT2D eigenvalue weighted by Crippen LogP contribution is -2.38. The first-order valence-electron chi connectivity index (χ1n) is 8.26. The summed E-state index contributed by atoms with van der Waals surface area (Å²) in [4.78, 5) is 7.28. The highest BCUT2D eigenvalue weighted by molar-refractivity contribution is 14.0. The van der Waals surface area contributed by atoms with Crippen LogP contribution in [0.25, 0.3) is 0 Å². The summed E-state index contributed by atoms with van der Waals surface area (Å²) < 4.78 is 0. The average Bonchev–Trinajstić information content (AvgIpc) is 3.02. The number of likely N-dealkylation sites (tertiary alicyclic amines) is 1. The number of nitrogens with one attached hydrogen (secondary N) is 2. The summed E-state index contributed by atoms with van der Waals surface area (Å²) in [5.41, 5.74) is 1.26. The van der Waals surface area contributed by atoms with E-state index in [-0.39, 0.29) is 24.0 Å². The molecule has 1 heterocycles. The van der Waals surface area contributed by atoms with Crippen LogP contribution in [0, 0.1) is 0 Å². The normalized spacial score (nSPS) is 15.6. The molecule has 0 amide bonds. The summed E-state index contributed by atoms with van der Waals surface area (Å²) in [6, 6.07) is 8.48. The van der Waals surface area contributed by atoms with E-state index in [1.807, 2.05) is 12.1 Å². The predicted molar refractivity (Wildman–Crippen MR) is 110 cm³/mol. The Morgan fingerprint density at radius 3 is 2.43 bits per heavy atom. The van der Waals surface area contributed by atoms with Gasteiger partial charge in [0.1, 0.15) is 0 Å². The van der Waals surface area contributed by atoms with Crippen molar-refractivity contribution in [2.75, 3.05) is 32.7 Å². The number of halogens is 2. The van der Waals surface area contributed by atoms with Crippen molar-refractivity contribution in [3.05, 3.63) is 34.9 Å². The van der Waals surface area contributed by atoms with E-state index in [1.54, 1.807) is 0 Å². The van der Waals surface area contributed by atoms with Crippen molar-refractivity contribution in [2.24, 2.45) is 4.99 Å². The zero-order valence-corrected chi connectivity index (χ0v) is 17.1. The number of benzene rings is 1. The third kappa shape index (κ3) is 6.47. The van der Waals surface area contributed by atoms with Gasteiger partial charge in [-0.15, -0.1) is 24.0 Å². The van der Waals surface area contributed by atoms with Crippen LogP contribution >= 0.6 is 35.6 Å². The lowest BCUT2D eigenvalue weighted by molar-refractivity contribution is 0.251. The Morgan fingerprint density at radius 1 is 1.22 bits per heavy atom. The van der Waals surface area contributed by atoms with Crippen LogP contribution in [0.3, 0.4) is 0 Å². The highest BCUT2D eigenvalue weighted by atomic mass is 127. The van der Waals surface area contributed by atoms with E-state index >= 15 is 0 Å². The first kappa shape index (κ1) is 20.5. The van der Waals surface area contributed by atoms with Crippen molar-refractivity contribution in [3.8, 4) is 0 Å². The molecule has 0 bridgehead atoms. The van der Waals surface area contributed by atoms with Crippen molar-refractivity contribution in [3.63, 3.8) is 0 Å². The van der Waals surface area contributed by atoms with E-state index < -0.39 is 0 Å². The van der Waals surface area contributed by atoms with Crippen LogP contribution in [0.2, 0.25) is 5.02 Å². The van der Waals surface area contributed by atoms with Crippen LogP contribution in [0.1, 0.15) is 38.3 Å². The summed E-state index contributed by atoms with van der Waals surface area (Å²) >= 11 is 6.18. The number of rotatable bonds is 6. The van der Waals surface area contributed by atoms with Gasteiger partial charge in [0.05, 0.1) is 12.6 Å². The largest absolute Gasteiger partial charge is 0.357 e. The average molecular weight is 451 g/mol. The molecular weight excluding hydrogens is 423 g/mol. The van der Waals surface area contributed by atoms with Crippen LogP contribution in [0.15, 0.2) is 29.3 Å². The monoisotopic (exact) mass is 450 g/mol. The van der Waals surface area contributed by atoms with E-state index in [1.165, 1.54) is 18.4 Å². The summed E-state index contributed by atoms with van der Waals surface area (Å²) in [6.45, 7) is 8.95. The molecule has 1 saturated heterocycles. The maximum absolute atomic E-state index is 6.18. The maximum Gasteiger partial charge on any atom is 0.191 e.